The molecule has 3 heterocycles. The van der Waals surface area contributed by atoms with Crippen molar-refractivity contribution in [1.82, 2.24) is 15.0 Å². The molecular weight excluding hydrogens is 451 g/mol. The van der Waals surface area contributed by atoms with E-state index in [-0.39, 0.29) is 21.9 Å². The smallest absolute Gasteiger partial charge is 0.416 e. The van der Waals surface area contributed by atoms with Crippen molar-refractivity contribution in [3.05, 3.63) is 56.1 Å². The number of hydrogen-bond donors (Lipinski definition) is 0. The van der Waals surface area contributed by atoms with Gasteiger partial charge in [0.2, 0.25) is 0 Å². The number of halogens is 3. The fraction of sp³-hybridized carbons (Fsp3) is 0.368. The second kappa shape index (κ2) is 8.30. The van der Waals surface area contributed by atoms with E-state index in [0.717, 1.165) is 16.9 Å². The van der Waals surface area contributed by atoms with Crippen LogP contribution in [0, 0.1) is 17.0 Å². The number of nitro groups is 1. The first-order valence-corrected chi connectivity index (χ1v) is 10.3. The number of fused-ring (bicyclic) bond motifs is 1. The molecule has 0 N–H and O–H groups in total. The van der Waals surface area contributed by atoms with E-state index in [2.05, 4.69) is 15.0 Å². The number of nitrogens with zero attached hydrogens (tertiary/aromatic N) is 5. The lowest BCUT2D eigenvalue weighted by atomic mass is 10.1. The molecule has 2 aromatic heterocycles. The van der Waals surface area contributed by atoms with Crippen LogP contribution in [0.15, 0.2) is 29.3 Å². The summed E-state index contributed by atoms with van der Waals surface area (Å²) in [6.07, 6.45) is -0.567. The summed E-state index contributed by atoms with van der Waals surface area (Å²) < 4.78 is 44.9. The van der Waals surface area contributed by atoms with Crippen molar-refractivity contribution in [2.75, 3.05) is 18.0 Å². The van der Waals surface area contributed by atoms with Crippen molar-refractivity contribution < 1.29 is 22.8 Å². The maximum atomic E-state index is 13.1. The van der Waals surface area contributed by atoms with Gasteiger partial charge in [0.15, 0.2) is 5.13 Å². The lowest BCUT2D eigenvalue weighted by molar-refractivity contribution is -0.383. The molecule has 0 spiro atoms. The lowest BCUT2D eigenvalue weighted by Crippen LogP contribution is -2.39. The van der Waals surface area contributed by atoms with Gasteiger partial charge >= 0.3 is 12.2 Å². The highest BCUT2D eigenvalue weighted by molar-refractivity contribution is 7.22. The maximum Gasteiger partial charge on any atom is 0.416 e. The second-order valence-corrected chi connectivity index (χ2v) is 8.25. The first kappa shape index (κ1) is 21.9. The van der Waals surface area contributed by atoms with Gasteiger partial charge in [0.25, 0.3) is 11.2 Å². The van der Waals surface area contributed by atoms with Crippen LogP contribution in [-0.2, 0) is 6.18 Å². The molecule has 168 valence electrons. The zero-order chi connectivity index (χ0) is 23.0. The third-order valence-corrected chi connectivity index (χ3v) is 6.12. The minimum atomic E-state index is -4.82. The minimum absolute atomic E-state index is 0.135. The van der Waals surface area contributed by atoms with Crippen molar-refractivity contribution in [2.45, 2.75) is 32.0 Å². The Balaban J connectivity index is 1.59. The largest absolute Gasteiger partial charge is 0.460 e. The monoisotopic (exact) mass is 467 g/mol. The van der Waals surface area contributed by atoms with Gasteiger partial charge in [0, 0.05) is 44.4 Å². The quantitative estimate of drug-likeness (QED) is 0.422. The summed E-state index contributed by atoms with van der Waals surface area (Å²) in [5.41, 5.74) is -2.06. The Morgan fingerprint density at radius 3 is 2.47 bits per heavy atom. The van der Waals surface area contributed by atoms with E-state index in [1.807, 2.05) is 6.92 Å². The summed E-state index contributed by atoms with van der Waals surface area (Å²) in [6.45, 7) is 2.75. The Bertz CT molecular complexity index is 1220. The highest BCUT2D eigenvalue weighted by Crippen LogP contribution is 2.38. The molecule has 0 atom stereocenters. The van der Waals surface area contributed by atoms with Crippen LogP contribution < -0.4 is 15.2 Å². The predicted molar refractivity (Wildman–Crippen MR) is 110 cm³/mol. The average Bonchev–Trinajstić information content (AvgIpc) is 2.74. The summed E-state index contributed by atoms with van der Waals surface area (Å²) in [4.78, 5) is 36.8. The summed E-state index contributed by atoms with van der Waals surface area (Å²) in [6, 6.07) is 1.32. The molecule has 9 nitrogen and oxygen atoms in total. The zero-order valence-electron chi connectivity index (χ0n) is 16.6. The number of rotatable bonds is 4. The van der Waals surface area contributed by atoms with E-state index < -0.39 is 33.3 Å². The highest BCUT2D eigenvalue weighted by Gasteiger charge is 2.34. The van der Waals surface area contributed by atoms with Gasteiger partial charge in [-0.2, -0.15) is 18.2 Å². The first-order valence-electron chi connectivity index (χ1n) is 9.52. The molecule has 0 amide bonds. The molecule has 1 aliphatic heterocycles. The Morgan fingerprint density at radius 2 is 1.88 bits per heavy atom. The molecule has 0 radical (unpaired) electrons. The van der Waals surface area contributed by atoms with E-state index in [1.54, 1.807) is 17.3 Å². The number of anilines is 1. The Hall–Kier alpha value is -3.35. The van der Waals surface area contributed by atoms with Crippen LogP contribution in [0.4, 0.5) is 24.0 Å². The van der Waals surface area contributed by atoms with Crippen molar-refractivity contribution in [3.63, 3.8) is 0 Å². The van der Waals surface area contributed by atoms with Crippen LogP contribution in [0.2, 0.25) is 0 Å². The Kier molecular flexibility index (Phi) is 5.67. The van der Waals surface area contributed by atoms with Gasteiger partial charge < -0.3 is 9.64 Å². The van der Waals surface area contributed by atoms with Crippen molar-refractivity contribution in [2.24, 2.45) is 0 Å². The van der Waals surface area contributed by atoms with Crippen LogP contribution in [-0.4, -0.2) is 39.1 Å². The lowest BCUT2D eigenvalue weighted by Gasteiger charge is -2.31. The van der Waals surface area contributed by atoms with Crippen molar-refractivity contribution in [3.8, 4) is 6.01 Å². The molecule has 0 unspecified atom stereocenters. The molecule has 0 bridgehead atoms. The number of benzene rings is 1. The first-order chi connectivity index (χ1) is 15.1. The Labute approximate surface area is 182 Å². The standard InChI is InChI=1S/C19H16F3N5O4S/c1-10-8-23-17(24-9-10)31-12-2-4-26(5-3-12)18-25-16(28)13-6-11(19(20,21)22)7-14(27(29)30)15(13)32-18/h6-9,12H,2-5H2,1H3. The number of ether oxygens (including phenoxy) is 1. The molecular formula is C19H16F3N5O4S. The van der Waals surface area contributed by atoms with Crippen LogP contribution >= 0.6 is 11.3 Å². The summed E-state index contributed by atoms with van der Waals surface area (Å²) in [7, 11) is 0. The molecule has 13 heteroatoms. The number of alkyl halides is 3. The number of hydrogen-bond acceptors (Lipinski definition) is 9. The predicted octanol–water partition coefficient (Wildman–Crippen LogP) is 3.73. The van der Waals surface area contributed by atoms with Crippen LogP contribution in [0.1, 0.15) is 24.0 Å². The minimum Gasteiger partial charge on any atom is -0.460 e. The van der Waals surface area contributed by atoms with Gasteiger partial charge in [-0.1, -0.05) is 11.3 Å². The van der Waals surface area contributed by atoms with Crippen LogP contribution in [0.3, 0.4) is 0 Å². The van der Waals surface area contributed by atoms with E-state index in [0.29, 0.717) is 38.1 Å². The van der Waals surface area contributed by atoms with E-state index in [4.69, 9.17) is 4.74 Å². The second-order valence-electron chi connectivity index (χ2n) is 7.28. The number of non-ortho nitro benzene ring substituents is 1. The average molecular weight is 467 g/mol. The van der Waals surface area contributed by atoms with Crippen LogP contribution in [0.5, 0.6) is 6.01 Å². The molecule has 1 aromatic carbocycles. The molecule has 3 aromatic rings. The summed E-state index contributed by atoms with van der Waals surface area (Å²) >= 11 is 0.829. The van der Waals surface area contributed by atoms with Gasteiger partial charge in [-0.05, 0) is 18.6 Å². The maximum absolute atomic E-state index is 13.1. The number of piperidine rings is 1. The van der Waals surface area contributed by atoms with Crippen molar-refractivity contribution >= 4 is 32.2 Å². The van der Waals surface area contributed by atoms with Crippen LogP contribution in [0.25, 0.3) is 10.1 Å². The fourth-order valence-electron chi connectivity index (χ4n) is 3.33. The van der Waals surface area contributed by atoms with Crippen molar-refractivity contribution in [1.29, 1.82) is 0 Å². The zero-order valence-corrected chi connectivity index (χ0v) is 17.4. The number of aromatic nitrogens is 3. The number of aryl methyl sites for hydroxylation is 1. The third kappa shape index (κ3) is 4.47. The molecule has 1 saturated heterocycles. The van der Waals surface area contributed by atoms with Gasteiger partial charge in [-0.3, -0.25) is 14.9 Å². The summed E-state index contributed by atoms with van der Waals surface area (Å²) in [5.74, 6) is 0. The molecule has 0 saturated carbocycles. The Morgan fingerprint density at radius 1 is 1.22 bits per heavy atom. The summed E-state index contributed by atoms with van der Waals surface area (Å²) in [5, 5.41) is 11.2. The van der Waals surface area contributed by atoms with E-state index >= 15 is 0 Å². The molecule has 1 fully saturated rings. The molecule has 32 heavy (non-hydrogen) atoms. The van der Waals surface area contributed by atoms with Gasteiger partial charge in [-0.15, -0.1) is 0 Å². The molecule has 1 aliphatic rings. The van der Waals surface area contributed by atoms with Gasteiger partial charge in [0.1, 0.15) is 10.8 Å². The topological polar surface area (TPSA) is 111 Å². The van der Waals surface area contributed by atoms with Gasteiger partial charge in [0.05, 0.1) is 15.9 Å². The third-order valence-electron chi connectivity index (χ3n) is 4.96. The SMILES string of the molecule is Cc1cnc(OC2CCN(c3nc(=O)c4cc(C(F)(F)F)cc([N+](=O)[O-])c4s3)CC2)nc1. The van der Waals surface area contributed by atoms with Gasteiger partial charge in [-0.25, -0.2) is 9.97 Å². The fourth-order valence-corrected chi connectivity index (χ4v) is 4.45. The number of nitro benzene ring substituents is 1. The molecule has 4 rings (SSSR count). The highest BCUT2D eigenvalue weighted by atomic mass is 32.1. The molecule has 0 aliphatic carbocycles. The van der Waals surface area contributed by atoms with E-state index in [9.17, 15) is 28.1 Å². The van der Waals surface area contributed by atoms with E-state index in [1.165, 1.54) is 0 Å². The normalized spacial score (nSPS) is 15.2.